The van der Waals surface area contributed by atoms with Crippen LogP contribution in [-0.4, -0.2) is 9.97 Å². The third kappa shape index (κ3) is 0.993. The Kier molecular flexibility index (Phi) is 1.43. The zero-order chi connectivity index (χ0) is 8.55. The second-order valence-electron chi connectivity index (χ2n) is 2.61. The molecule has 0 aliphatic carbocycles. The van der Waals surface area contributed by atoms with E-state index in [-0.39, 0.29) is 5.75 Å². The number of rotatable bonds is 0. The van der Waals surface area contributed by atoms with Gasteiger partial charge in [-0.15, -0.1) is 0 Å². The predicted octanol–water partition coefficient (Wildman–Crippen LogP) is 2.08. The van der Waals surface area contributed by atoms with Gasteiger partial charge in [0, 0.05) is 6.20 Å². The molecule has 0 saturated heterocycles. The van der Waals surface area contributed by atoms with Crippen LogP contribution in [0.1, 0.15) is 5.82 Å². The summed E-state index contributed by atoms with van der Waals surface area (Å²) >= 11 is 0. The fourth-order valence-corrected chi connectivity index (χ4v) is 1.12. The summed E-state index contributed by atoms with van der Waals surface area (Å²) in [7, 11) is 0. The van der Waals surface area contributed by atoms with Crippen LogP contribution in [0.15, 0.2) is 24.4 Å². The van der Waals surface area contributed by atoms with Crippen molar-refractivity contribution in [3.05, 3.63) is 30.2 Å². The first-order chi connectivity index (χ1) is 5.77. The van der Waals surface area contributed by atoms with Crippen molar-refractivity contribution < 1.29 is 5.11 Å². The zero-order valence-corrected chi connectivity index (χ0v) is 6.61. The van der Waals surface area contributed by atoms with Crippen LogP contribution in [0.3, 0.4) is 0 Å². The summed E-state index contributed by atoms with van der Waals surface area (Å²) in [4.78, 5) is 8.08. The highest BCUT2D eigenvalue weighted by molar-refractivity contribution is 5.83. The molecule has 0 atom stereocenters. The largest absolute Gasteiger partial charge is 0.289 e. The van der Waals surface area contributed by atoms with E-state index in [4.69, 9.17) is 0 Å². The highest BCUT2D eigenvalue weighted by Crippen LogP contribution is 2.21. The lowest BCUT2D eigenvalue weighted by atomic mass is 10.2. The first kappa shape index (κ1) is 7.03. The number of hydrogen-bond acceptors (Lipinski definition) is 2. The molecule has 3 heteroatoms. The third-order valence-corrected chi connectivity index (χ3v) is 1.71. The molecule has 3 nitrogen and oxygen atoms in total. The highest BCUT2D eigenvalue weighted by Gasteiger charge is 2.01. The van der Waals surface area contributed by atoms with Crippen LogP contribution in [0.4, 0.5) is 0 Å². The maximum absolute atomic E-state index is 11.2. The summed E-state index contributed by atoms with van der Waals surface area (Å²) in [5.41, 5.74) is 0.718. The van der Waals surface area contributed by atoms with Crippen LogP contribution < -0.4 is 0 Å². The van der Waals surface area contributed by atoms with Crippen LogP contribution in [0.5, 0.6) is 5.75 Å². The molecule has 0 aliphatic heterocycles. The molecule has 0 bridgehead atoms. The predicted molar refractivity (Wildman–Crippen MR) is 44.4 cm³/mol. The molecule has 59 valence electrons. The minimum atomic E-state index is -0.0208. The molecular formula is C9H7N2O. The van der Waals surface area contributed by atoms with E-state index in [1.165, 1.54) is 6.07 Å². The molecule has 0 fully saturated rings. The Morgan fingerprint density at radius 2 is 2.17 bits per heavy atom. The topological polar surface area (TPSA) is 45.7 Å². The van der Waals surface area contributed by atoms with Gasteiger partial charge >= 0.3 is 0 Å². The van der Waals surface area contributed by atoms with Crippen molar-refractivity contribution in [2.24, 2.45) is 0 Å². The second kappa shape index (κ2) is 2.44. The first-order valence-electron chi connectivity index (χ1n) is 3.67. The van der Waals surface area contributed by atoms with E-state index < -0.39 is 0 Å². The van der Waals surface area contributed by atoms with E-state index >= 15 is 0 Å². The minimum absolute atomic E-state index is 0.0208. The van der Waals surface area contributed by atoms with Crippen molar-refractivity contribution in [1.82, 2.24) is 9.97 Å². The van der Waals surface area contributed by atoms with Gasteiger partial charge in [-0.05, 0) is 19.1 Å². The number of aryl methyl sites for hydroxylation is 1. The summed E-state index contributed by atoms with van der Waals surface area (Å²) in [6.07, 6.45) is 1.57. The van der Waals surface area contributed by atoms with Crippen LogP contribution >= 0.6 is 0 Å². The van der Waals surface area contributed by atoms with Crippen molar-refractivity contribution >= 4 is 10.9 Å². The normalized spacial score (nSPS) is 10.4. The van der Waals surface area contributed by atoms with Gasteiger partial charge in [-0.2, -0.15) is 0 Å². The second-order valence-corrected chi connectivity index (χ2v) is 2.61. The van der Waals surface area contributed by atoms with Gasteiger partial charge in [-0.3, -0.25) is 5.11 Å². The molecule has 0 N–H and O–H groups in total. The summed E-state index contributed by atoms with van der Waals surface area (Å²) < 4.78 is 0. The van der Waals surface area contributed by atoms with Gasteiger partial charge in [0.05, 0.1) is 10.9 Å². The van der Waals surface area contributed by atoms with Crippen LogP contribution in [-0.2, 0) is 5.11 Å². The minimum Gasteiger partial charge on any atom is -0.289 e. The van der Waals surface area contributed by atoms with Crippen molar-refractivity contribution in [2.45, 2.75) is 6.92 Å². The molecule has 0 spiro atoms. The van der Waals surface area contributed by atoms with Gasteiger partial charge in [0.2, 0.25) is 0 Å². The lowest BCUT2D eigenvalue weighted by molar-refractivity contribution is 0.360. The first-order valence-corrected chi connectivity index (χ1v) is 3.67. The monoisotopic (exact) mass is 159 g/mol. The molecule has 0 aliphatic rings. The number of fused-ring (bicyclic) bond motifs is 1. The summed E-state index contributed by atoms with van der Waals surface area (Å²) in [6, 6.07) is 5.03. The number of benzene rings is 1. The van der Waals surface area contributed by atoms with Crippen molar-refractivity contribution in [3.63, 3.8) is 0 Å². The van der Waals surface area contributed by atoms with Gasteiger partial charge in [-0.25, -0.2) is 9.97 Å². The Morgan fingerprint density at radius 3 is 3.00 bits per heavy atom. The van der Waals surface area contributed by atoms with Crippen LogP contribution in [0.25, 0.3) is 10.9 Å². The Bertz CT molecular complexity index is 426. The van der Waals surface area contributed by atoms with Gasteiger partial charge in [-0.1, -0.05) is 6.07 Å². The van der Waals surface area contributed by atoms with Gasteiger partial charge in [0.1, 0.15) is 5.82 Å². The van der Waals surface area contributed by atoms with Crippen LogP contribution in [0.2, 0.25) is 0 Å². The molecule has 1 heterocycles. The molecule has 1 aromatic heterocycles. The van der Waals surface area contributed by atoms with Crippen molar-refractivity contribution in [3.8, 4) is 5.75 Å². The molecule has 0 saturated carbocycles. The summed E-state index contributed by atoms with van der Waals surface area (Å²) in [5.74, 6) is 0.667. The molecule has 0 amide bonds. The smallest absolute Gasteiger partial charge is 0.189 e. The van der Waals surface area contributed by atoms with Gasteiger partial charge in [0.15, 0.2) is 5.75 Å². The number of nitrogens with zero attached hydrogens (tertiary/aromatic N) is 2. The fraction of sp³-hybridized carbons (Fsp3) is 0.111. The lowest BCUT2D eigenvalue weighted by Gasteiger charge is -1.97. The van der Waals surface area contributed by atoms with E-state index in [2.05, 4.69) is 9.97 Å². The highest BCUT2D eigenvalue weighted by atomic mass is 16.3. The molecule has 0 unspecified atom stereocenters. The lowest BCUT2D eigenvalue weighted by Crippen LogP contribution is -1.86. The number of aromatic nitrogens is 2. The van der Waals surface area contributed by atoms with E-state index in [1.807, 2.05) is 6.07 Å². The van der Waals surface area contributed by atoms with Crippen LogP contribution in [0, 0.1) is 6.92 Å². The molecule has 1 aromatic carbocycles. The molecule has 1 radical (unpaired) electrons. The quantitative estimate of drug-likeness (QED) is 0.590. The third-order valence-electron chi connectivity index (χ3n) is 1.71. The average molecular weight is 159 g/mol. The summed E-state index contributed by atoms with van der Waals surface area (Å²) in [6.45, 7) is 1.80. The average Bonchev–Trinajstić information content (AvgIpc) is 2.04. The van der Waals surface area contributed by atoms with E-state index in [0.717, 1.165) is 5.52 Å². The Morgan fingerprint density at radius 1 is 1.33 bits per heavy atom. The molecule has 12 heavy (non-hydrogen) atoms. The SMILES string of the molecule is Cc1ncc2c([O])cccc2n1. The van der Waals surface area contributed by atoms with Gasteiger partial charge in [0.25, 0.3) is 0 Å². The zero-order valence-electron chi connectivity index (χ0n) is 6.61. The number of hydrogen-bond donors (Lipinski definition) is 0. The maximum Gasteiger partial charge on any atom is 0.189 e. The maximum atomic E-state index is 11.2. The standard InChI is InChI=1S/C9H7N2O/c1-6-10-5-7-8(11-6)3-2-4-9(7)12/h2-5H,1H3. The van der Waals surface area contributed by atoms with Crippen molar-refractivity contribution in [2.75, 3.05) is 0 Å². The Hall–Kier alpha value is -1.64. The fourth-order valence-electron chi connectivity index (χ4n) is 1.12. The van der Waals surface area contributed by atoms with Gasteiger partial charge < -0.3 is 0 Å². The molecular weight excluding hydrogens is 152 g/mol. The Balaban J connectivity index is 2.86. The summed E-state index contributed by atoms with van der Waals surface area (Å²) in [5, 5.41) is 11.8. The van der Waals surface area contributed by atoms with Crippen molar-refractivity contribution in [1.29, 1.82) is 0 Å². The van der Waals surface area contributed by atoms with E-state index in [9.17, 15) is 5.11 Å². The molecule has 2 aromatic rings. The molecule has 2 rings (SSSR count). The Labute approximate surface area is 69.7 Å². The van der Waals surface area contributed by atoms with E-state index in [0.29, 0.717) is 11.2 Å². The van der Waals surface area contributed by atoms with E-state index in [1.54, 1.807) is 19.2 Å².